The van der Waals surface area contributed by atoms with Gasteiger partial charge in [-0.1, -0.05) is 78.9 Å². The van der Waals surface area contributed by atoms with Gasteiger partial charge in [0.05, 0.1) is 13.3 Å². The van der Waals surface area contributed by atoms with Crippen LogP contribution in [0.5, 0.6) is 5.88 Å². The van der Waals surface area contributed by atoms with Gasteiger partial charge in [-0.05, 0) is 73.8 Å². The van der Waals surface area contributed by atoms with E-state index in [1.54, 1.807) is 16.4 Å². The topological polar surface area (TPSA) is 59.5 Å². The molecule has 6 heteroatoms. The molecule has 2 heterocycles. The van der Waals surface area contributed by atoms with Crippen LogP contribution in [-0.2, 0) is 10.0 Å². The Morgan fingerprint density at radius 2 is 1.44 bits per heavy atom. The standard InChI is InChI=1S/C33H28N2O3S/c1-38-31-16-13-28(21-34-31)39(36,37)35-19-17-23(18-20-35)22-5-7-24(8-6-22)29-14-11-27-10-9-25-3-2-4-26-12-15-30(29)33(27)32(25)26/h2-16,21,23H,17-20H2,1H3. The predicted molar refractivity (Wildman–Crippen MR) is 157 cm³/mol. The van der Waals surface area contributed by atoms with Crippen LogP contribution >= 0.6 is 0 Å². The van der Waals surface area contributed by atoms with Gasteiger partial charge in [0.2, 0.25) is 15.9 Å². The lowest BCUT2D eigenvalue weighted by Crippen LogP contribution is -2.37. The summed E-state index contributed by atoms with van der Waals surface area (Å²) in [6, 6.07) is 31.9. The molecule has 0 saturated carbocycles. The van der Waals surface area contributed by atoms with Crippen LogP contribution in [0.2, 0.25) is 0 Å². The summed E-state index contributed by atoms with van der Waals surface area (Å²) >= 11 is 0. The average Bonchev–Trinajstić information content (AvgIpc) is 3.00. The van der Waals surface area contributed by atoms with E-state index in [9.17, 15) is 8.42 Å². The first-order valence-corrected chi connectivity index (χ1v) is 14.7. The number of ether oxygens (including phenoxy) is 1. The lowest BCUT2D eigenvalue weighted by Gasteiger charge is -2.31. The molecule has 1 aliphatic rings. The molecule has 1 aromatic heterocycles. The summed E-state index contributed by atoms with van der Waals surface area (Å²) in [4.78, 5) is 4.28. The Labute approximate surface area is 228 Å². The van der Waals surface area contributed by atoms with E-state index < -0.39 is 10.0 Å². The Bertz CT molecular complexity index is 1890. The number of aromatic nitrogens is 1. The molecule has 6 aromatic rings. The number of methoxy groups -OCH3 is 1. The number of benzene rings is 5. The summed E-state index contributed by atoms with van der Waals surface area (Å²) in [7, 11) is -2.05. The maximum absolute atomic E-state index is 13.1. The van der Waals surface area contributed by atoms with Crippen LogP contribution in [0.15, 0.2) is 102 Å². The molecule has 1 saturated heterocycles. The van der Waals surface area contributed by atoms with Gasteiger partial charge in [0.1, 0.15) is 4.90 Å². The van der Waals surface area contributed by atoms with Crippen molar-refractivity contribution in [2.24, 2.45) is 0 Å². The van der Waals surface area contributed by atoms with E-state index in [1.165, 1.54) is 62.3 Å². The van der Waals surface area contributed by atoms with E-state index in [2.05, 4.69) is 83.8 Å². The fraction of sp³-hybridized carbons (Fsp3) is 0.182. The van der Waals surface area contributed by atoms with E-state index >= 15 is 0 Å². The number of sulfonamides is 1. The minimum Gasteiger partial charge on any atom is -0.481 e. The van der Waals surface area contributed by atoms with Crippen molar-refractivity contribution in [3.63, 3.8) is 0 Å². The predicted octanol–water partition coefficient (Wildman–Crippen LogP) is 7.22. The molecule has 0 radical (unpaired) electrons. The molecule has 0 unspecified atom stereocenters. The van der Waals surface area contributed by atoms with Gasteiger partial charge >= 0.3 is 0 Å². The van der Waals surface area contributed by atoms with E-state index in [-0.39, 0.29) is 4.90 Å². The first-order chi connectivity index (χ1) is 19.0. The third-order valence-electron chi connectivity index (χ3n) is 8.23. The summed E-state index contributed by atoms with van der Waals surface area (Å²) in [5, 5.41) is 7.74. The largest absolute Gasteiger partial charge is 0.481 e. The van der Waals surface area contributed by atoms with Gasteiger partial charge in [-0.25, -0.2) is 13.4 Å². The Morgan fingerprint density at radius 3 is 2.10 bits per heavy atom. The molecular weight excluding hydrogens is 504 g/mol. The summed E-state index contributed by atoms with van der Waals surface area (Å²) in [5.41, 5.74) is 3.70. The van der Waals surface area contributed by atoms with Gasteiger partial charge in [0.15, 0.2) is 0 Å². The fourth-order valence-electron chi connectivity index (χ4n) is 6.14. The average molecular weight is 533 g/mol. The Balaban J connectivity index is 1.13. The van der Waals surface area contributed by atoms with Gasteiger partial charge in [-0.2, -0.15) is 4.31 Å². The number of rotatable bonds is 5. The van der Waals surface area contributed by atoms with E-state index in [0.29, 0.717) is 24.9 Å². The molecule has 1 aliphatic heterocycles. The molecule has 5 nitrogen and oxygen atoms in total. The highest BCUT2D eigenvalue weighted by atomic mass is 32.2. The molecule has 194 valence electrons. The molecule has 39 heavy (non-hydrogen) atoms. The zero-order chi connectivity index (χ0) is 26.6. The fourth-order valence-corrected chi connectivity index (χ4v) is 7.56. The monoisotopic (exact) mass is 532 g/mol. The minimum atomic E-state index is -3.56. The maximum Gasteiger partial charge on any atom is 0.244 e. The van der Waals surface area contributed by atoms with Crippen molar-refractivity contribution in [1.82, 2.24) is 9.29 Å². The van der Waals surface area contributed by atoms with Crippen molar-refractivity contribution >= 4 is 42.3 Å². The van der Waals surface area contributed by atoms with Gasteiger partial charge in [0.25, 0.3) is 0 Å². The number of pyridine rings is 1. The van der Waals surface area contributed by atoms with Crippen molar-refractivity contribution in [3.05, 3.63) is 103 Å². The highest BCUT2D eigenvalue weighted by Crippen LogP contribution is 2.40. The number of piperidine rings is 1. The molecule has 0 spiro atoms. The summed E-state index contributed by atoms with van der Waals surface area (Å²) in [6.45, 7) is 0.992. The zero-order valence-corrected chi connectivity index (χ0v) is 22.5. The quantitative estimate of drug-likeness (QED) is 0.220. The van der Waals surface area contributed by atoms with Crippen LogP contribution in [0, 0.1) is 0 Å². The maximum atomic E-state index is 13.1. The highest BCUT2D eigenvalue weighted by molar-refractivity contribution is 7.89. The van der Waals surface area contributed by atoms with Gasteiger partial charge in [0, 0.05) is 19.2 Å². The minimum absolute atomic E-state index is 0.208. The van der Waals surface area contributed by atoms with Gasteiger partial charge in [-0.3, -0.25) is 0 Å². The smallest absolute Gasteiger partial charge is 0.244 e. The lowest BCUT2D eigenvalue weighted by molar-refractivity contribution is 0.319. The molecule has 0 atom stereocenters. The third kappa shape index (κ3) is 4.03. The van der Waals surface area contributed by atoms with Crippen LogP contribution in [0.1, 0.15) is 24.3 Å². The third-order valence-corrected chi connectivity index (χ3v) is 10.1. The molecule has 0 N–H and O–H groups in total. The van der Waals surface area contributed by atoms with Crippen LogP contribution in [0.4, 0.5) is 0 Å². The molecule has 0 amide bonds. The Morgan fingerprint density at radius 1 is 0.769 bits per heavy atom. The molecule has 7 rings (SSSR count). The second kappa shape index (κ2) is 9.33. The van der Waals surface area contributed by atoms with E-state index in [4.69, 9.17) is 4.74 Å². The highest BCUT2D eigenvalue weighted by Gasteiger charge is 2.30. The van der Waals surface area contributed by atoms with Crippen LogP contribution < -0.4 is 4.74 Å². The Hall–Kier alpha value is -4.00. The SMILES string of the molecule is COc1ccc(S(=O)(=O)N2CCC(c3ccc(-c4ccc5ccc6cccc7ccc4c5c67)cc3)CC2)cn1. The lowest BCUT2D eigenvalue weighted by atomic mass is 9.87. The summed E-state index contributed by atoms with van der Waals surface area (Å²) in [5.74, 6) is 0.735. The molecule has 1 fully saturated rings. The van der Waals surface area contributed by atoms with Crippen LogP contribution in [0.25, 0.3) is 43.4 Å². The molecule has 0 aliphatic carbocycles. The molecule has 0 bridgehead atoms. The molecular formula is C33H28N2O3S. The summed E-state index contributed by atoms with van der Waals surface area (Å²) < 4.78 is 32.9. The number of nitrogens with zero attached hydrogens (tertiary/aromatic N) is 2. The zero-order valence-electron chi connectivity index (χ0n) is 21.7. The number of hydrogen-bond donors (Lipinski definition) is 0. The number of hydrogen-bond acceptors (Lipinski definition) is 4. The van der Waals surface area contributed by atoms with Crippen molar-refractivity contribution in [2.75, 3.05) is 20.2 Å². The Kier molecular flexibility index (Phi) is 5.76. The second-order valence-electron chi connectivity index (χ2n) is 10.3. The van der Waals surface area contributed by atoms with Crippen molar-refractivity contribution in [2.45, 2.75) is 23.7 Å². The van der Waals surface area contributed by atoms with Gasteiger partial charge < -0.3 is 4.74 Å². The second-order valence-corrected chi connectivity index (χ2v) is 12.2. The van der Waals surface area contributed by atoms with E-state index in [0.717, 1.165) is 12.8 Å². The molecule has 5 aromatic carbocycles. The van der Waals surface area contributed by atoms with Crippen LogP contribution in [-0.4, -0.2) is 37.9 Å². The van der Waals surface area contributed by atoms with Crippen molar-refractivity contribution in [1.29, 1.82) is 0 Å². The van der Waals surface area contributed by atoms with Gasteiger partial charge in [-0.15, -0.1) is 0 Å². The first-order valence-electron chi connectivity index (χ1n) is 13.3. The van der Waals surface area contributed by atoms with E-state index in [1.807, 2.05) is 0 Å². The van der Waals surface area contributed by atoms with Crippen molar-refractivity contribution < 1.29 is 13.2 Å². The summed E-state index contributed by atoms with van der Waals surface area (Å²) in [6.07, 6.45) is 2.96. The first kappa shape index (κ1) is 24.1. The normalized spacial score (nSPS) is 15.4. The van der Waals surface area contributed by atoms with Crippen LogP contribution in [0.3, 0.4) is 0 Å². The van der Waals surface area contributed by atoms with Crippen molar-refractivity contribution in [3.8, 4) is 17.0 Å².